The van der Waals surface area contributed by atoms with E-state index in [1.807, 2.05) is 60.7 Å². The third kappa shape index (κ3) is 3.71. The van der Waals surface area contributed by atoms with E-state index in [0.29, 0.717) is 24.9 Å². The van der Waals surface area contributed by atoms with Crippen molar-refractivity contribution in [1.82, 2.24) is 14.8 Å². The van der Waals surface area contributed by atoms with Crippen LogP contribution in [0.4, 0.5) is 5.69 Å². The molecule has 0 saturated carbocycles. The van der Waals surface area contributed by atoms with Gasteiger partial charge in [-0.05, 0) is 41.3 Å². The van der Waals surface area contributed by atoms with Crippen molar-refractivity contribution in [3.8, 4) is 0 Å². The molecule has 0 spiro atoms. The number of anilines is 1. The Labute approximate surface area is 207 Å². The number of amides is 2. The Balaban J connectivity index is 1.42. The normalized spacial score (nSPS) is 19.4. The van der Waals surface area contributed by atoms with Crippen LogP contribution >= 0.6 is 0 Å². The van der Waals surface area contributed by atoms with Crippen LogP contribution in [0.25, 0.3) is 10.9 Å². The smallest absolute Gasteiger partial charge is 0.246 e. The van der Waals surface area contributed by atoms with Crippen LogP contribution in [0.15, 0.2) is 78.9 Å². The fourth-order valence-corrected chi connectivity index (χ4v) is 5.58. The summed E-state index contributed by atoms with van der Waals surface area (Å²) in [6.07, 6.45) is 1.09. The van der Waals surface area contributed by atoms with Crippen LogP contribution in [-0.2, 0) is 22.4 Å². The average molecular weight is 482 g/mol. The largest absolute Gasteiger partial charge is 0.733 e. The molecule has 2 aliphatic heterocycles. The van der Waals surface area contributed by atoms with E-state index in [1.54, 1.807) is 21.9 Å². The van der Waals surface area contributed by atoms with Crippen molar-refractivity contribution in [2.75, 3.05) is 18.3 Å². The van der Waals surface area contributed by atoms with Gasteiger partial charge in [0, 0.05) is 29.6 Å². The first-order valence-corrected chi connectivity index (χ1v) is 12.0. The van der Waals surface area contributed by atoms with Crippen LogP contribution in [0.1, 0.15) is 28.4 Å². The lowest BCUT2D eigenvalue weighted by molar-refractivity contribution is -0.158. The zero-order valence-electron chi connectivity index (χ0n) is 19.5. The molecule has 0 bridgehead atoms. The van der Waals surface area contributed by atoms with Crippen LogP contribution in [-0.4, -0.2) is 50.9 Å². The fraction of sp³-hybridized carbons (Fsp3) is 0.214. The summed E-state index contributed by atoms with van der Waals surface area (Å²) in [5.41, 5.74) is 4.59. The van der Waals surface area contributed by atoms with E-state index in [1.165, 1.54) is 6.07 Å². The fourth-order valence-electron chi connectivity index (χ4n) is 5.58. The van der Waals surface area contributed by atoms with Crippen molar-refractivity contribution >= 4 is 28.4 Å². The quantitative estimate of drug-likeness (QED) is 0.422. The highest BCUT2D eigenvalue weighted by molar-refractivity contribution is 5.97. The highest BCUT2D eigenvalue weighted by atomic mass is 16.8. The third-order valence-electron chi connectivity index (χ3n) is 7.26. The van der Waals surface area contributed by atoms with E-state index in [9.17, 15) is 20.0 Å². The maximum absolute atomic E-state index is 13.8. The van der Waals surface area contributed by atoms with Crippen LogP contribution in [0.3, 0.4) is 0 Å². The van der Waals surface area contributed by atoms with Crippen LogP contribution < -0.4 is 5.23 Å². The van der Waals surface area contributed by atoms with E-state index in [2.05, 4.69) is 4.98 Å². The Kier molecular flexibility index (Phi) is 5.47. The second kappa shape index (κ2) is 8.82. The number of carbonyl (C=O) groups excluding carboxylic acids is 2. The first kappa shape index (κ1) is 22.3. The zero-order valence-corrected chi connectivity index (χ0v) is 19.5. The molecule has 2 amide bonds. The molecule has 1 fully saturated rings. The summed E-state index contributed by atoms with van der Waals surface area (Å²) < 4.78 is 0. The molecular weight excluding hydrogens is 456 g/mol. The number of fused-ring (bicyclic) bond motifs is 4. The summed E-state index contributed by atoms with van der Waals surface area (Å²) in [5.74, 6) is -0.217. The van der Waals surface area contributed by atoms with E-state index >= 15 is 0 Å². The maximum atomic E-state index is 13.8. The monoisotopic (exact) mass is 481 g/mol. The van der Waals surface area contributed by atoms with Crippen molar-refractivity contribution in [3.63, 3.8) is 0 Å². The van der Waals surface area contributed by atoms with Gasteiger partial charge < -0.3 is 25.2 Å². The van der Waals surface area contributed by atoms with Gasteiger partial charge in [-0.1, -0.05) is 60.7 Å². The molecule has 2 atom stereocenters. The summed E-state index contributed by atoms with van der Waals surface area (Å²) in [7, 11) is 0. The number of nitrogens with zero attached hydrogens (tertiary/aromatic N) is 3. The van der Waals surface area contributed by atoms with Gasteiger partial charge in [-0.3, -0.25) is 14.8 Å². The molecule has 4 aromatic rings. The van der Waals surface area contributed by atoms with E-state index in [-0.39, 0.29) is 29.3 Å². The predicted molar refractivity (Wildman–Crippen MR) is 135 cm³/mol. The van der Waals surface area contributed by atoms with Gasteiger partial charge in [0.2, 0.25) is 11.8 Å². The van der Waals surface area contributed by atoms with E-state index < -0.39 is 12.1 Å². The molecule has 6 rings (SSSR count). The molecule has 2 aliphatic rings. The second-order valence-corrected chi connectivity index (χ2v) is 9.35. The molecule has 1 saturated heterocycles. The van der Waals surface area contributed by atoms with Gasteiger partial charge in [0.15, 0.2) is 0 Å². The number of hydrogen-bond acceptors (Lipinski definition) is 5. The summed E-state index contributed by atoms with van der Waals surface area (Å²) in [5, 5.41) is 21.9. The topological polar surface area (TPSA) is 103 Å². The number of piperazine rings is 1. The molecule has 1 aromatic heterocycles. The van der Waals surface area contributed by atoms with Gasteiger partial charge in [0.1, 0.15) is 6.04 Å². The predicted octanol–water partition coefficient (Wildman–Crippen LogP) is 3.79. The molecule has 0 radical (unpaired) electrons. The lowest BCUT2D eigenvalue weighted by atomic mass is 9.86. The molecule has 3 aromatic carbocycles. The Bertz CT molecular complexity index is 1450. The standard InChI is InChI=1S/C28H25N4O4/c33-25-17-30(14-13-18-7-2-1-3-8-18)28(34)24-16-22-21-11-4-5-12-23(21)29-26(22)27(31(24)25)19-9-6-10-20(15-19)32(35)36/h1-12,15,24,27,29,35H,13-14,16-17H2/q-1/t24-,27?/m0/s1. The number of aromatic nitrogens is 1. The molecule has 0 aliphatic carbocycles. The SMILES string of the molecule is O=C1[C@@H]2Cc3c([nH]c4ccccc34)C(c3cccc(N([O-])O)c3)N2C(=O)CN1CCc1ccccc1. The number of benzene rings is 3. The number of para-hydroxylation sites is 1. The van der Waals surface area contributed by atoms with Crippen molar-refractivity contribution in [1.29, 1.82) is 0 Å². The Morgan fingerprint density at radius 3 is 2.58 bits per heavy atom. The molecule has 8 heteroatoms. The number of rotatable bonds is 5. The van der Waals surface area contributed by atoms with Gasteiger partial charge in [0.05, 0.1) is 18.3 Å². The average Bonchev–Trinajstić information content (AvgIpc) is 3.28. The Morgan fingerprint density at radius 2 is 1.78 bits per heavy atom. The molecular formula is C28H25N4O4-. The second-order valence-electron chi connectivity index (χ2n) is 9.35. The summed E-state index contributed by atoms with van der Waals surface area (Å²) in [4.78, 5) is 34.2. The summed E-state index contributed by atoms with van der Waals surface area (Å²) >= 11 is 0. The minimum atomic E-state index is -0.653. The van der Waals surface area contributed by atoms with Crippen molar-refractivity contribution in [3.05, 3.63) is 106 Å². The van der Waals surface area contributed by atoms with Crippen LogP contribution in [0.2, 0.25) is 0 Å². The number of hydrogen-bond donors (Lipinski definition) is 2. The minimum absolute atomic E-state index is 0.00159. The van der Waals surface area contributed by atoms with E-state index in [0.717, 1.165) is 27.7 Å². The van der Waals surface area contributed by atoms with Gasteiger partial charge >= 0.3 is 0 Å². The number of aromatic amines is 1. The number of carbonyl (C=O) groups is 2. The van der Waals surface area contributed by atoms with Crippen LogP contribution in [0.5, 0.6) is 0 Å². The highest BCUT2D eigenvalue weighted by Gasteiger charge is 2.48. The lowest BCUT2D eigenvalue weighted by Crippen LogP contribution is -2.63. The Morgan fingerprint density at radius 1 is 1.00 bits per heavy atom. The zero-order chi connectivity index (χ0) is 24.8. The van der Waals surface area contributed by atoms with Gasteiger partial charge in [0.25, 0.3) is 0 Å². The molecule has 1 unspecified atom stereocenters. The molecule has 8 nitrogen and oxygen atoms in total. The first-order chi connectivity index (χ1) is 17.5. The van der Waals surface area contributed by atoms with Gasteiger partial charge in [-0.2, -0.15) is 0 Å². The molecule has 2 N–H and O–H groups in total. The van der Waals surface area contributed by atoms with Crippen molar-refractivity contribution in [2.45, 2.75) is 24.9 Å². The first-order valence-electron chi connectivity index (χ1n) is 12.0. The van der Waals surface area contributed by atoms with Gasteiger partial charge in [-0.25, -0.2) is 0 Å². The summed E-state index contributed by atoms with van der Waals surface area (Å²) in [6, 6.07) is 23.1. The Hall–Kier alpha value is -4.14. The third-order valence-corrected chi connectivity index (χ3v) is 7.26. The van der Waals surface area contributed by atoms with Crippen LogP contribution in [0, 0.1) is 5.21 Å². The van der Waals surface area contributed by atoms with Crippen molar-refractivity contribution < 1.29 is 14.8 Å². The van der Waals surface area contributed by atoms with Gasteiger partial charge in [-0.15, -0.1) is 0 Å². The number of nitrogens with one attached hydrogen (secondary N) is 1. The van der Waals surface area contributed by atoms with Crippen molar-refractivity contribution in [2.24, 2.45) is 0 Å². The van der Waals surface area contributed by atoms with E-state index in [4.69, 9.17) is 0 Å². The minimum Gasteiger partial charge on any atom is -0.733 e. The molecule has 3 heterocycles. The number of H-pyrrole nitrogens is 1. The molecule has 182 valence electrons. The highest BCUT2D eigenvalue weighted by Crippen LogP contribution is 2.43. The maximum Gasteiger partial charge on any atom is 0.246 e. The molecule has 36 heavy (non-hydrogen) atoms. The lowest BCUT2D eigenvalue weighted by Gasteiger charge is -2.47. The summed E-state index contributed by atoms with van der Waals surface area (Å²) in [6.45, 7) is 0.469.